The molecule has 0 saturated carbocycles. The summed E-state index contributed by atoms with van der Waals surface area (Å²) in [6.07, 6.45) is 3.10. The zero-order chi connectivity index (χ0) is 13.6. The van der Waals surface area contributed by atoms with Gasteiger partial charge in [0.2, 0.25) is 0 Å². The summed E-state index contributed by atoms with van der Waals surface area (Å²) < 4.78 is 5.64. The van der Waals surface area contributed by atoms with Gasteiger partial charge in [-0.25, -0.2) is 0 Å². The number of para-hydroxylation sites is 1. The van der Waals surface area contributed by atoms with Crippen molar-refractivity contribution in [1.82, 2.24) is 0 Å². The Balaban J connectivity index is 2.89. The molecular formula is C15H26N2O. The van der Waals surface area contributed by atoms with Crippen LogP contribution in [-0.2, 0) is 0 Å². The first-order valence-electron chi connectivity index (χ1n) is 6.85. The second-order valence-corrected chi connectivity index (χ2v) is 4.96. The molecule has 0 fully saturated rings. The fourth-order valence-electron chi connectivity index (χ4n) is 1.74. The molecule has 0 aliphatic carbocycles. The standard InChI is InChI=1S/C15H26N2O/c1-5-11-18-13-10-8-9-12(14(13)16)17-15(4,6-2)7-3/h8-10,17H,5-7,11,16H2,1-4H3. The van der Waals surface area contributed by atoms with E-state index >= 15 is 0 Å². The highest BCUT2D eigenvalue weighted by Gasteiger charge is 2.20. The second-order valence-electron chi connectivity index (χ2n) is 4.96. The van der Waals surface area contributed by atoms with E-state index in [0.717, 1.165) is 30.7 Å². The summed E-state index contributed by atoms with van der Waals surface area (Å²) in [5.74, 6) is 0.774. The molecule has 0 amide bonds. The van der Waals surface area contributed by atoms with Crippen LogP contribution in [-0.4, -0.2) is 12.1 Å². The van der Waals surface area contributed by atoms with E-state index in [1.165, 1.54) is 0 Å². The van der Waals surface area contributed by atoms with Crippen molar-refractivity contribution >= 4 is 11.4 Å². The minimum absolute atomic E-state index is 0.0809. The van der Waals surface area contributed by atoms with Gasteiger partial charge in [0, 0.05) is 5.54 Å². The molecule has 1 aromatic rings. The molecule has 0 radical (unpaired) electrons. The van der Waals surface area contributed by atoms with Gasteiger partial charge in [-0.15, -0.1) is 0 Å². The van der Waals surface area contributed by atoms with Crippen molar-refractivity contribution < 1.29 is 4.74 Å². The Labute approximate surface area is 111 Å². The van der Waals surface area contributed by atoms with E-state index < -0.39 is 0 Å². The lowest BCUT2D eigenvalue weighted by molar-refractivity contribution is 0.319. The third kappa shape index (κ3) is 3.56. The summed E-state index contributed by atoms with van der Waals surface area (Å²) in [6, 6.07) is 5.92. The first kappa shape index (κ1) is 14.7. The maximum absolute atomic E-state index is 6.15. The van der Waals surface area contributed by atoms with Gasteiger partial charge in [-0.3, -0.25) is 0 Å². The average molecular weight is 250 g/mol. The molecule has 0 bridgehead atoms. The van der Waals surface area contributed by atoms with E-state index in [0.29, 0.717) is 12.3 Å². The van der Waals surface area contributed by atoms with Crippen LogP contribution in [0.5, 0.6) is 5.75 Å². The number of hydrogen-bond donors (Lipinski definition) is 2. The number of benzene rings is 1. The molecule has 102 valence electrons. The average Bonchev–Trinajstić information content (AvgIpc) is 2.39. The Morgan fingerprint density at radius 3 is 2.44 bits per heavy atom. The molecule has 0 heterocycles. The summed E-state index contributed by atoms with van der Waals surface area (Å²) >= 11 is 0. The number of rotatable bonds is 7. The van der Waals surface area contributed by atoms with Gasteiger partial charge in [-0.05, 0) is 38.3 Å². The zero-order valence-electron chi connectivity index (χ0n) is 12.0. The predicted molar refractivity (Wildman–Crippen MR) is 79.3 cm³/mol. The molecule has 0 unspecified atom stereocenters. The molecule has 1 rings (SSSR count). The number of hydrogen-bond acceptors (Lipinski definition) is 3. The van der Waals surface area contributed by atoms with Gasteiger partial charge in [-0.2, -0.15) is 0 Å². The van der Waals surface area contributed by atoms with E-state index in [1.54, 1.807) is 0 Å². The van der Waals surface area contributed by atoms with Gasteiger partial charge >= 0.3 is 0 Å². The highest BCUT2D eigenvalue weighted by Crippen LogP contribution is 2.32. The number of ether oxygens (including phenoxy) is 1. The second kappa shape index (κ2) is 6.53. The van der Waals surface area contributed by atoms with E-state index in [4.69, 9.17) is 10.5 Å². The van der Waals surface area contributed by atoms with Crippen LogP contribution in [0.2, 0.25) is 0 Å². The van der Waals surface area contributed by atoms with Gasteiger partial charge in [0.1, 0.15) is 5.75 Å². The number of nitrogens with two attached hydrogens (primary N) is 1. The number of nitrogen functional groups attached to an aromatic ring is 1. The Morgan fingerprint density at radius 2 is 1.89 bits per heavy atom. The van der Waals surface area contributed by atoms with Gasteiger partial charge in [0.25, 0.3) is 0 Å². The quantitative estimate of drug-likeness (QED) is 0.718. The minimum Gasteiger partial charge on any atom is -0.491 e. The Kier molecular flexibility index (Phi) is 5.32. The van der Waals surface area contributed by atoms with Gasteiger partial charge in [0.15, 0.2) is 0 Å². The van der Waals surface area contributed by atoms with E-state index in [2.05, 4.69) is 33.0 Å². The molecule has 18 heavy (non-hydrogen) atoms. The molecule has 0 aliphatic rings. The molecule has 0 atom stereocenters. The van der Waals surface area contributed by atoms with E-state index in [1.807, 2.05) is 18.2 Å². The molecule has 1 aromatic carbocycles. The van der Waals surface area contributed by atoms with Crippen LogP contribution in [0.1, 0.15) is 47.0 Å². The van der Waals surface area contributed by atoms with Crippen molar-refractivity contribution in [2.75, 3.05) is 17.7 Å². The van der Waals surface area contributed by atoms with Gasteiger partial charge in [0.05, 0.1) is 18.0 Å². The molecule has 0 spiro atoms. The summed E-state index contributed by atoms with van der Waals surface area (Å²) in [4.78, 5) is 0. The molecule has 3 N–H and O–H groups in total. The maximum Gasteiger partial charge on any atom is 0.144 e. The fraction of sp³-hybridized carbons (Fsp3) is 0.600. The Hall–Kier alpha value is -1.38. The third-order valence-electron chi connectivity index (χ3n) is 3.52. The molecule has 0 aromatic heterocycles. The van der Waals surface area contributed by atoms with Crippen LogP contribution in [0.25, 0.3) is 0 Å². The largest absolute Gasteiger partial charge is 0.491 e. The first-order chi connectivity index (χ1) is 8.56. The predicted octanol–water partition coefficient (Wildman–Crippen LogP) is 4.05. The van der Waals surface area contributed by atoms with Crippen molar-refractivity contribution in [2.24, 2.45) is 0 Å². The first-order valence-corrected chi connectivity index (χ1v) is 6.85. The fourth-order valence-corrected chi connectivity index (χ4v) is 1.74. The van der Waals surface area contributed by atoms with Crippen LogP contribution in [0.4, 0.5) is 11.4 Å². The molecule has 3 heteroatoms. The van der Waals surface area contributed by atoms with Gasteiger partial charge in [-0.1, -0.05) is 26.8 Å². The van der Waals surface area contributed by atoms with Crippen LogP contribution in [0.3, 0.4) is 0 Å². The molecule has 0 saturated heterocycles. The Morgan fingerprint density at radius 1 is 1.22 bits per heavy atom. The topological polar surface area (TPSA) is 47.3 Å². The van der Waals surface area contributed by atoms with Crippen LogP contribution >= 0.6 is 0 Å². The monoisotopic (exact) mass is 250 g/mol. The van der Waals surface area contributed by atoms with Crippen LogP contribution in [0.15, 0.2) is 18.2 Å². The third-order valence-corrected chi connectivity index (χ3v) is 3.52. The van der Waals surface area contributed by atoms with Crippen LogP contribution in [0, 0.1) is 0 Å². The zero-order valence-corrected chi connectivity index (χ0v) is 12.0. The Bertz CT molecular complexity index is 373. The van der Waals surface area contributed by atoms with Crippen molar-refractivity contribution in [2.45, 2.75) is 52.5 Å². The molecular weight excluding hydrogens is 224 g/mol. The SMILES string of the molecule is CCCOc1cccc(NC(C)(CC)CC)c1N. The lowest BCUT2D eigenvalue weighted by Crippen LogP contribution is -2.33. The van der Waals surface area contributed by atoms with Crippen molar-refractivity contribution in [3.63, 3.8) is 0 Å². The lowest BCUT2D eigenvalue weighted by Gasteiger charge is -2.30. The summed E-state index contributed by atoms with van der Waals surface area (Å²) in [5, 5.41) is 3.53. The van der Waals surface area contributed by atoms with E-state index in [9.17, 15) is 0 Å². The molecule has 3 nitrogen and oxygen atoms in total. The van der Waals surface area contributed by atoms with Crippen molar-refractivity contribution in [3.8, 4) is 5.75 Å². The number of anilines is 2. The van der Waals surface area contributed by atoms with Crippen molar-refractivity contribution in [1.29, 1.82) is 0 Å². The minimum atomic E-state index is 0.0809. The molecule has 0 aliphatic heterocycles. The summed E-state index contributed by atoms with van der Waals surface area (Å²) in [5.41, 5.74) is 7.91. The van der Waals surface area contributed by atoms with E-state index in [-0.39, 0.29) is 5.54 Å². The lowest BCUT2D eigenvalue weighted by atomic mass is 9.95. The van der Waals surface area contributed by atoms with Gasteiger partial charge < -0.3 is 15.8 Å². The highest BCUT2D eigenvalue weighted by atomic mass is 16.5. The summed E-state index contributed by atoms with van der Waals surface area (Å²) in [6.45, 7) is 9.37. The number of nitrogens with one attached hydrogen (secondary N) is 1. The normalized spacial score (nSPS) is 11.3. The summed E-state index contributed by atoms with van der Waals surface area (Å²) in [7, 11) is 0. The van der Waals surface area contributed by atoms with Crippen LogP contribution < -0.4 is 15.8 Å². The highest BCUT2D eigenvalue weighted by molar-refractivity contribution is 5.73. The van der Waals surface area contributed by atoms with Crippen molar-refractivity contribution in [3.05, 3.63) is 18.2 Å². The maximum atomic E-state index is 6.15. The smallest absolute Gasteiger partial charge is 0.144 e.